The van der Waals surface area contributed by atoms with Crippen LogP contribution in [0.3, 0.4) is 0 Å². The highest BCUT2D eigenvalue weighted by atomic mass is 16.9. The SMILES string of the molecule is CC(=O)OC(Oc1ccccc1)Oc1ccccc1. The first-order valence-corrected chi connectivity index (χ1v) is 5.84. The molecular weight excluding hydrogens is 244 g/mol. The van der Waals surface area contributed by atoms with Crippen molar-refractivity contribution in [1.29, 1.82) is 0 Å². The molecule has 19 heavy (non-hydrogen) atoms. The first-order chi connectivity index (χ1) is 9.24. The highest BCUT2D eigenvalue weighted by molar-refractivity contribution is 5.66. The molecule has 0 aromatic heterocycles. The Morgan fingerprint density at radius 2 is 1.26 bits per heavy atom. The summed E-state index contributed by atoms with van der Waals surface area (Å²) in [5.74, 6) is 0.645. The van der Waals surface area contributed by atoms with Gasteiger partial charge in [0, 0.05) is 6.92 Å². The van der Waals surface area contributed by atoms with Gasteiger partial charge in [0.25, 0.3) is 0 Å². The summed E-state index contributed by atoms with van der Waals surface area (Å²) in [5.41, 5.74) is 0. The van der Waals surface area contributed by atoms with E-state index >= 15 is 0 Å². The van der Waals surface area contributed by atoms with Crippen molar-refractivity contribution in [2.24, 2.45) is 0 Å². The molecule has 0 N–H and O–H groups in total. The van der Waals surface area contributed by atoms with E-state index in [1.165, 1.54) is 6.92 Å². The van der Waals surface area contributed by atoms with Gasteiger partial charge < -0.3 is 14.2 Å². The van der Waals surface area contributed by atoms with E-state index in [-0.39, 0.29) is 0 Å². The minimum absolute atomic E-state index is 0.475. The first kappa shape index (κ1) is 13.0. The molecule has 2 rings (SSSR count). The Kier molecular flexibility index (Phi) is 4.39. The Bertz CT molecular complexity index is 469. The van der Waals surface area contributed by atoms with E-state index in [1.54, 1.807) is 24.3 Å². The Morgan fingerprint density at radius 3 is 1.63 bits per heavy atom. The highest BCUT2D eigenvalue weighted by Gasteiger charge is 2.15. The van der Waals surface area contributed by atoms with E-state index in [1.807, 2.05) is 36.4 Å². The molecular formula is C15H14O4. The molecule has 2 aromatic carbocycles. The second kappa shape index (κ2) is 6.44. The van der Waals surface area contributed by atoms with Gasteiger partial charge in [-0.1, -0.05) is 36.4 Å². The van der Waals surface area contributed by atoms with Crippen LogP contribution in [0.15, 0.2) is 60.7 Å². The maximum absolute atomic E-state index is 11.1. The van der Waals surface area contributed by atoms with Gasteiger partial charge in [0.05, 0.1) is 0 Å². The predicted octanol–water partition coefficient (Wildman–Crippen LogP) is 2.99. The van der Waals surface area contributed by atoms with Crippen LogP contribution < -0.4 is 9.47 Å². The largest absolute Gasteiger partial charge is 0.423 e. The van der Waals surface area contributed by atoms with Crippen molar-refractivity contribution in [3.63, 3.8) is 0 Å². The van der Waals surface area contributed by atoms with Crippen LogP contribution in [0, 0.1) is 0 Å². The molecule has 0 radical (unpaired) electrons. The van der Waals surface area contributed by atoms with Crippen molar-refractivity contribution in [1.82, 2.24) is 0 Å². The summed E-state index contributed by atoms with van der Waals surface area (Å²) in [6.45, 7) is 0.192. The van der Waals surface area contributed by atoms with Crippen LogP contribution in [0.2, 0.25) is 0 Å². The number of hydrogen-bond acceptors (Lipinski definition) is 4. The summed E-state index contributed by atoms with van der Waals surface area (Å²) >= 11 is 0. The summed E-state index contributed by atoms with van der Waals surface area (Å²) in [7, 11) is 0. The molecule has 0 saturated heterocycles. The molecule has 0 aliphatic heterocycles. The quantitative estimate of drug-likeness (QED) is 0.611. The van der Waals surface area contributed by atoms with Crippen LogP contribution >= 0.6 is 0 Å². The second-order valence-corrected chi connectivity index (χ2v) is 3.76. The molecule has 0 saturated carbocycles. The number of esters is 1. The lowest BCUT2D eigenvalue weighted by Crippen LogP contribution is -2.29. The molecule has 0 unspecified atom stereocenters. The standard InChI is InChI=1S/C15H14O4/c1-12(16)17-15(18-13-8-4-2-5-9-13)19-14-10-6-3-7-11-14/h2-11,15H,1H3. The van der Waals surface area contributed by atoms with Crippen LogP contribution in [0.5, 0.6) is 11.5 Å². The smallest absolute Gasteiger partial charge is 0.408 e. The topological polar surface area (TPSA) is 44.8 Å². The summed E-state index contributed by atoms with van der Waals surface area (Å²) in [5, 5.41) is 0. The number of ether oxygens (including phenoxy) is 3. The zero-order valence-corrected chi connectivity index (χ0v) is 10.5. The van der Waals surface area contributed by atoms with E-state index in [0.29, 0.717) is 11.5 Å². The van der Waals surface area contributed by atoms with Gasteiger partial charge >= 0.3 is 12.4 Å². The molecule has 2 aromatic rings. The minimum atomic E-state index is -1.11. The summed E-state index contributed by atoms with van der Waals surface area (Å²) in [6.07, 6.45) is 0. The number of para-hydroxylation sites is 2. The number of rotatable bonds is 5. The molecule has 0 aliphatic rings. The van der Waals surface area contributed by atoms with Crippen LogP contribution in [0.4, 0.5) is 0 Å². The van der Waals surface area contributed by atoms with E-state index in [4.69, 9.17) is 14.2 Å². The highest BCUT2D eigenvalue weighted by Crippen LogP contribution is 2.16. The van der Waals surface area contributed by atoms with Crippen LogP contribution in [0.1, 0.15) is 6.92 Å². The number of carbonyl (C=O) groups is 1. The van der Waals surface area contributed by atoms with Gasteiger partial charge in [0.2, 0.25) is 0 Å². The van der Waals surface area contributed by atoms with Gasteiger partial charge in [-0.15, -0.1) is 0 Å². The summed E-state index contributed by atoms with van der Waals surface area (Å²) < 4.78 is 15.9. The lowest BCUT2D eigenvalue weighted by molar-refractivity contribution is -0.204. The molecule has 0 aliphatic carbocycles. The Balaban J connectivity index is 2.06. The van der Waals surface area contributed by atoms with Crippen molar-refractivity contribution < 1.29 is 19.0 Å². The fraction of sp³-hybridized carbons (Fsp3) is 0.133. The molecule has 0 amide bonds. The number of carbonyl (C=O) groups excluding carboxylic acids is 1. The van der Waals surface area contributed by atoms with Crippen LogP contribution in [-0.2, 0) is 9.53 Å². The maximum atomic E-state index is 11.1. The monoisotopic (exact) mass is 258 g/mol. The van der Waals surface area contributed by atoms with Gasteiger partial charge in [-0.3, -0.25) is 4.79 Å². The average Bonchev–Trinajstić information content (AvgIpc) is 2.40. The fourth-order valence-electron chi connectivity index (χ4n) is 1.43. The van der Waals surface area contributed by atoms with Crippen molar-refractivity contribution >= 4 is 5.97 Å². The molecule has 4 nitrogen and oxygen atoms in total. The molecule has 0 fully saturated rings. The average molecular weight is 258 g/mol. The zero-order valence-electron chi connectivity index (χ0n) is 10.5. The first-order valence-electron chi connectivity index (χ1n) is 5.84. The molecule has 0 bridgehead atoms. The van der Waals surface area contributed by atoms with E-state index < -0.39 is 12.4 Å². The maximum Gasteiger partial charge on any atom is 0.408 e. The Labute approximate surface area is 111 Å². The van der Waals surface area contributed by atoms with Crippen molar-refractivity contribution in [2.75, 3.05) is 0 Å². The third-order valence-corrected chi connectivity index (χ3v) is 2.21. The third kappa shape index (κ3) is 4.35. The normalized spacial score (nSPS) is 10.0. The lowest BCUT2D eigenvalue weighted by atomic mass is 10.3. The van der Waals surface area contributed by atoms with Gasteiger partial charge in [-0.2, -0.15) is 0 Å². The Morgan fingerprint density at radius 1 is 0.842 bits per heavy atom. The molecule has 4 heteroatoms. The lowest BCUT2D eigenvalue weighted by Gasteiger charge is -2.19. The van der Waals surface area contributed by atoms with Gasteiger partial charge in [0.15, 0.2) is 0 Å². The van der Waals surface area contributed by atoms with Crippen molar-refractivity contribution in [3.05, 3.63) is 60.7 Å². The van der Waals surface area contributed by atoms with Crippen LogP contribution in [0.25, 0.3) is 0 Å². The zero-order chi connectivity index (χ0) is 13.5. The molecule has 0 spiro atoms. The molecule has 98 valence electrons. The Hall–Kier alpha value is -2.49. The summed E-state index contributed by atoms with van der Waals surface area (Å²) in [6, 6.07) is 18.0. The van der Waals surface area contributed by atoms with E-state index in [2.05, 4.69) is 0 Å². The number of benzene rings is 2. The molecule has 0 atom stereocenters. The van der Waals surface area contributed by atoms with Crippen molar-refractivity contribution in [2.45, 2.75) is 13.4 Å². The van der Waals surface area contributed by atoms with E-state index in [0.717, 1.165) is 0 Å². The van der Waals surface area contributed by atoms with Gasteiger partial charge in [-0.05, 0) is 24.3 Å². The van der Waals surface area contributed by atoms with Gasteiger partial charge in [0.1, 0.15) is 11.5 Å². The predicted molar refractivity (Wildman–Crippen MR) is 69.7 cm³/mol. The second-order valence-electron chi connectivity index (χ2n) is 3.76. The number of hydrogen-bond donors (Lipinski definition) is 0. The summed E-state index contributed by atoms with van der Waals surface area (Å²) in [4.78, 5) is 11.1. The fourth-order valence-corrected chi connectivity index (χ4v) is 1.43. The van der Waals surface area contributed by atoms with Crippen molar-refractivity contribution in [3.8, 4) is 11.5 Å². The third-order valence-electron chi connectivity index (χ3n) is 2.21. The van der Waals surface area contributed by atoms with Crippen LogP contribution in [-0.4, -0.2) is 12.4 Å². The van der Waals surface area contributed by atoms with Gasteiger partial charge in [-0.25, -0.2) is 0 Å². The van der Waals surface area contributed by atoms with E-state index in [9.17, 15) is 4.79 Å². The minimum Gasteiger partial charge on any atom is -0.423 e. The molecule has 0 heterocycles.